The predicted molar refractivity (Wildman–Crippen MR) is 233 cm³/mol. The molecule has 3 aromatic heterocycles. The van der Waals surface area contributed by atoms with Gasteiger partial charge in [0, 0.05) is 62.8 Å². The molecular weight excluding hydrogens is 923 g/mol. The number of fused-ring (bicyclic) bond motifs is 4. The summed E-state index contributed by atoms with van der Waals surface area (Å²) in [6, 6.07) is 23.2. The molecule has 0 spiro atoms. The first-order valence-electron chi connectivity index (χ1n) is 19.7. The van der Waals surface area contributed by atoms with Crippen molar-refractivity contribution in [3.63, 3.8) is 0 Å². The average molecular weight is 962 g/mol. The topological polar surface area (TPSA) is 299 Å². The first-order valence-corrected chi connectivity index (χ1v) is 24.1. The predicted octanol–water partition coefficient (Wildman–Crippen LogP) is 4.21. The van der Waals surface area contributed by atoms with E-state index < -0.39 is 103 Å². The summed E-state index contributed by atoms with van der Waals surface area (Å²) in [6.07, 6.45) is 2.93. The zero-order chi connectivity index (χ0) is 47.2. The molecule has 7 rings (SSSR count). The van der Waals surface area contributed by atoms with Gasteiger partial charge in [-0.05, 0) is 42.5 Å². The molecule has 23 nitrogen and oxygen atoms in total. The molecule has 6 aromatic rings. The molecule has 0 radical (unpaired) electrons. The Labute approximate surface area is 377 Å². The van der Waals surface area contributed by atoms with Crippen LogP contribution in [0.4, 0.5) is 17.1 Å². The van der Waals surface area contributed by atoms with Gasteiger partial charge in [-0.2, -0.15) is 12.9 Å². The Morgan fingerprint density at radius 3 is 1.18 bits per heavy atom. The Hall–Kier alpha value is -6.94. The summed E-state index contributed by atoms with van der Waals surface area (Å²) in [6.45, 7) is -2.90. The second-order valence-corrected chi connectivity index (χ2v) is 20.4. The fourth-order valence-corrected chi connectivity index (χ4v) is 11.9. The van der Waals surface area contributed by atoms with Gasteiger partial charge in [-0.15, -0.1) is 0 Å². The van der Waals surface area contributed by atoms with E-state index in [0.29, 0.717) is 5.69 Å². The van der Waals surface area contributed by atoms with E-state index >= 15 is 0 Å². The summed E-state index contributed by atoms with van der Waals surface area (Å²) in [5, 5.41) is 36.3. The Morgan fingerprint density at radius 1 is 0.485 bits per heavy atom. The number of nitro groups is 3. The lowest BCUT2D eigenvalue weighted by Crippen LogP contribution is -2.42. The van der Waals surface area contributed by atoms with Crippen molar-refractivity contribution >= 4 is 47.1 Å². The first kappa shape index (κ1) is 47.0. The summed E-state index contributed by atoms with van der Waals surface area (Å²) < 4.78 is 90.1. The van der Waals surface area contributed by atoms with Crippen LogP contribution in [-0.2, 0) is 62.8 Å². The van der Waals surface area contributed by atoms with Gasteiger partial charge in [-0.25, -0.2) is 30.2 Å². The molecule has 1 aliphatic rings. The molecule has 0 atom stereocenters. The molecule has 66 heavy (non-hydrogen) atoms. The highest BCUT2D eigenvalue weighted by Crippen LogP contribution is 2.31. The van der Waals surface area contributed by atoms with Crippen LogP contribution in [0, 0.1) is 30.3 Å². The van der Waals surface area contributed by atoms with E-state index in [0.717, 1.165) is 49.3 Å². The summed E-state index contributed by atoms with van der Waals surface area (Å²) >= 11 is 0. The fourth-order valence-electron chi connectivity index (χ4n) is 7.21. The number of nitro benzene ring substituents is 3. The molecule has 344 valence electrons. The molecule has 0 aliphatic carbocycles. The molecule has 0 saturated carbocycles. The minimum absolute atomic E-state index is 0.0735. The minimum atomic E-state index is -4.76. The Morgan fingerprint density at radius 2 is 0.833 bits per heavy atom. The number of aromatic amines is 1. The number of H-pyrrole nitrogens is 1. The maximum atomic E-state index is 14.6. The highest BCUT2D eigenvalue weighted by Gasteiger charge is 2.36. The molecular formula is C40H39N11O12S3. The molecule has 0 saturated heterocycles. The maximum absolute atomic E-state index is 14.6. The summed E-state index contributed by atoms with van der Waals surface area (Å²) in [7, 11) is -14.2. The number of nitrogens with one attached hydrogen (secondary N) is 1. The van der Waals surface area contributed by atoms with Gasteiger partial charge in [0.05, 0.1) is 70.1 Å². The van der Waals surface area contributed by atoms with E-state index in [1.165, 1.54) is 85.3 Å². The second-order valence-electron chi connectivity index (χ2n) is 14.7. The van der Waals surface area contributed by atoms with Crippen LogP contribution in [0.3, 0.4) is 0 Å². The van der Waals surface area contributed by atoms with Crippen LogP contribution in [0.5, 0.6) is 0 Å². The lowest BCUT2D eigenvalue weighted by atomic mass is 10.2. The zero-order valence-corrected chi connectivity index (χ0v) is 37.0. The van der Waals surface area contributed by atoms with Crippen LogP contribution in [-0.4, -0.2) is 104 Å². The third-order valence-electron chi connectivity index (χ3n) is 10.4. The molecule has 26 heteroatoms. The molecule has 0 fully saturated rings. The van der Waals surface area contributed by atoms with Crippen molar-refractivity contribution in [2.24, 2.45) is 0 Å². The summed E-state index contributed by atoms with van der Waals surface area (Å²) in [4.78, 5) is 49.9. The van der Waals surface area contributed by atoms with E-state index in [-0.39, 0.29) is 55.5 Å². The largest absolute Gasteiger partial charge is 0.347 e. The number of aromatic nitrogens is 4. The van der Waals surface area contributed by atoms with Crippen molar-refractivity contribution in [2.75, 3.05) is 26.2 Å². The standard InChI is InChI=1S/C40H39N11O12S3/c52-49(53)35-13-1-4-16-38(35)64(58,59)46-21-19-45(24-34-23-41-29-42-34)20-22-47(65(60,61)39-17-5-2-14-36(39)50(54)55)26-31-10-8-12-33(44-31)28-48(27-32-11-7-9-30(25-46)43-32)66(62,63)40-18-6-3-15-37(40)51(56)57/h1-18,23,29H,19-22,24-28H2,(H,41,42). The van der Waals surface area contributed by atoms with Gasteiger partial charge in [0.15, 0.2) is 14.7 Å². The summed E-state index contributed by atoms with van der Waals surface area (Å²) in [5.41, 5.74) is -1.19. The van der Waals surface area contributed by atoms with Gasteiger partial charge in [-0.3, -0.25) is 45.2 Å². The number of para-hydroxylation sites is 3. The highest BCUT2D eigenvalue weighted by atomic mass is 32.2. The van der Waals surface area contributed by atoms with Crippen molar-refractivity contribution in [3.8, 4) is 0 Å². The van der Waals surface area contributed by atoms with E-state index in [1.807, 2.05) is 0 Å². The molecule has 0 amide bonds. The van der Waals surface area contributed by atoms with Crippen LogP contribution >= 0.6 is 0 Å². The third-order valence-corrected chi connectivity index (χ3v) is 16.0. The normalized spacial score (nSPS) is 15.6. The van der Waals surface area contributed by atoms with Crippen LogP contribution in [0.2, 0.25) is 0 Å². The molecule has 3 aromatic carbocycles. The van der Waals surface area contributed by atoms with Crippen molar-refractivity contribution in [1.82, 2.24) is 37.8 Å². The Kier molecular flexibility index (Phi) is 14.0. The number of pyridine rings is 2. The van der Waals surface area contributed by atoms with Gasteiger partial charge in [-0.1, -0.05) is 48.5 Å². The number of sulfonamides is 3. The monoisotopic (exact) mass is 961 g/mol. The third kappa shape index (κ3) is 10.4. The molecule has 4 bridgehead atoms. The maximum Gasteiger partial charge on any atom is 0.289 e. The van der Waals surface area contributed by atoms with Gasteiger partial charge in [0.1, 0.15) is 0 Å². The van der Waals surface area contributed by atoms with Crippen LogP contribution in [0.25, 0.3) is 0 Å². The molecule has 0 unspecified atom stereocenters. The van der Waals surface area contributed by atoms with Crippen molar-refractivity contribution in [2.45, 2.75) is 47.4 Å². The van der Waals surface area contributed by atoms with Crippen LogP contribution < -0.4 is 0 Å². The Balaban J connectivity index is 1.39. The van der Waals surface area contributed by atoms with E-state index in [2.05, 4.69) is 19.9 Å². The number of hydrogen-bond acceptors (Lipinski definition) is 16. The quantitative estimate of drug-likeness (QED) is 0.140. The Bertz CT molecular complexity index is 2980. The van der Waals surface area contributed by atoms with Crippen LogP contribution in [0.1, 0.15) is 28.5 Å². The SMILES string of the molecule is O=[N+]([O-])c1ccccc1S(=O)(=O)N1CCN(Cc2cnc[nH]2)CCN(S(=O)(=O)c2ccccc2[N+](=O)[O-])Cc2cccc(n2)CN(S(=O)(=O)c2ccccc2[N+](=O)[O-])Cc2cccc(n2)C1. The number of imidazole rings is 1. The minimum Gasteiger partial charge on any atom is -0.347 e. The van der Waals surface area contributed by atoms with Crippen LogP contribution in [0.15, 0.2) is 136 Å². The van der Waals surface area contributed by atoms with Crippen molar-refractivity contribution < 1.29 is 40.0 Å². The smallest absolute Gasteiger partial charge is 0.289 e. The highest BCUT2D eigenvalue weighted by molar-refractivity contribution is 7.89. The zero-order valence-electron chi connectivity index (χ0n) is 34.5. The molecule has 4 heterocycles. The average Bonchev–Trinajstić information content (AvgIpc) is 3.81. The number of nitrogens with zero attached hydrogens (tertiary/aromatic N) is 10. The van der Waals surface area contributed by atoms with Gasteiger partial charge in [0.25, 0.3) is 27.1 Å². The second kappa shape index (κ2) is 19.7. The lowest BCUT2D eigenvalue weighted by Gasteiger charge is -2.29. The van der Waals surface area contributed by atoms with Gasteiger partial charge >= 0.3 is 0 Å². The lowest BCUT2D eigenvalue weighted by molar-refractivity contribution is -0.388. The van der Waals surface area contributed by atoms with Crippen molar-refractivity contribution in [1.29, 1.82) is 0 Å². The van der Waals surface area contributed by atoms with Gasteiger partial charge in [0.2, 0.25) is 20.0 Å². The summed E-state index contributed by atoms with van der Waals surface area (Å²) in [5.74, 6) is 0. The van der Waals surface area contributed by atoms with Gasteiger partial charge < -0.3 is 4.98 Å². The molecule has 1 N–H and O–H groups in total. The molecule has 1 aliphatic heterocycles. The van der Waals surface area contributed by atoms with Crippen molar-refractivity contribution in [3.05, 3.63) is 181 Å². The first-order chi connectivity index (χ1) is 31.4. The fraction of sp³-hybridized carbons (Fsp3) is 0.225. The number of rotatable bonds is 11. The van der Waals surface area contributed by atoms with E-state index in [4.69, 9.17) is 0 Å². The van der Waals surface area contributed by atoms with E-state index in [1.54, 1.807) is 4.90 Å². The number of hydrogen-bond donors (Lipinski definition) is 1. The number of benzene rings is 3. The van der Waals surface area contributed by atoms with E-state index in [9.17, 15) is 55.6 Å².